The molecule has 1 saturated heterocycles. The Morgan fingerprint density at radius 3 is 2.57 bits per heavy atom. The molecule has 0 aliphatic carbocycles. The molecule has 1 aliphatic rings. The number of nitrogens with one attached hydrogen (secondary N) is 2. The van der Waals surface area contributed by atoms with Gasteiger partial charge in [-0.2, -0.15) is 5.26 Å². The second-order valence-electron chi connectivity index (χ2n) is 8.06. The van der Waals surface area contributed by atoms with Crippen molar-refractivity contribution in [2.45, 2.75) is 13.1 Å². The number of anilines is 2. The van der Waals surface area contributed by atoms with Crippen LogP contribution in [-0.4, -0.2) is 61.1 Å². The van der Waals surface area contributed by atoms with E-state index in [1.165, 1.54) is 18.2 Å². The van der Waals surface area contributed by atoms with E-state index in [-0.39, 0.29) is 17.1 Å². The summed E-state index contributed by atoms with van der Waals surface area (Å²) in [6, 6.07) is 13.9. The van der Waals surface area contributed by atoms with Gasteiger partial charge in [-0.05, 0) is 39.6 Å². The van der Waals surface area contributed by atoms with Crippen LogP contribution in [0.1, 0.15) is 22.4 Å². The number of nitriles is 1. The molecular formula is C23H24FN7O3S. The summed E-state index contributed by atoms with van der Waals surface area (Å²) in [5, 5.41) is 23.0. The van der Waals surface area contributed by atoms with Crippen molar-refractivity contribution in [3.63, 3.8) is 0 Å². The van der Waals surface area contributed by atoms with Crippen molar-refractivity contribution in [3.05, 3.63) is 70.7 Å². The van der Waals surface area contributed by atoms with Crippen LogP contribution in [0.4, 0.5) is 15.9 Å². The van der Waals surface area contributed by atoms with Crippen LogP contribution in [-0.2, 0) is 22.9 Å². The predicted octanol–water partition coefficient (Wildman–Crippen LogP) is 2.41. The number of hydrogen-bond donors (Lipinski definition) is 2. The van der Waals surface area contributed by atoms with Gasteiger partial charge in [-0.1, -0.05) is 24.3 Å². The molecule has 12 heteroatoms. The summed E-state index contributed by atoms with van der Waals surface area (Å²) >= 11 is 0. The zero-order valence-corrected chi connectivity index (χ0v) is 19.8. The van der Waals surface area contributed by atoms with Crippen LogP contribution in [0, 0.1) is 17.1 Å². The molecule has 0 atom stereocenters. The Kier molecular flexibility index (Phi) is 7.38. The quantitative estimate of drug-likeness (QED) is 0.372. The van der Waals surface area contributed by atoms with Crippen molar-refractivity contribution >= 4 is 27.2 Å². The first-order chi connectivity index (χ1) is 16.9. The van der Waals surface area contributed by atoms with Gasteiger partial charge in [0.1, 0.15) is 11.9 Å². The highest BCUT2D eigenvalue weighted by molar-refractivity contribution is 7.91. The normalized spacial score (nSPS) is 16.0. The molecule has 0 radical (unpaired) electrons. The Morgan fingerprint density at radius 1 is 1.17 bits per heavy atom. The van der Waals surface area contributed by atoms with Crippen molar-refractivity contribution < 1.29 is 17.4 Å². The highest BCUT2D eigenvalue weighted by Crippen LogP contribution is 2.18. The van der Waals surface area contributed by atoms with Crippen molar-refractivity contribution in [1.29, 1.82) is 5.26 Å². The zero-order chi connectivity index (χ0) is 24.8. The maximum absolute atomic E-state index is 13.6. The number of nitrogens with zero attached hydrogens (tertiary/aromatic N) is 5. The number of hydrogen-bond acceptors (Lipinski definition) is 9. The number of aliphatic imine (C=N–C) groups is 1. The van der Waals surface area contributed by atoms with E-state index in [4.69, 9.17) is 9.89 Å². The fraction of sp³-hybridized carbons (Fsp3) is 0.304. The summed E-state index contributed by atoms with van der Waals surface area (Å²) in [6.45, 7) is 2.27. The molecule has 1 aliphatic heterocycles. The van der Waals surface area contributed by atoms with Gasteiger partial charge >= 0.3 is 0 Å². The monoisotopic (exact) mass is 497 g/mol. The van der Waals surface area contributed by atoms with Crippen LogP contribution in [0.25, 0.3) is 0 Å². The second kappa shape index (κ2) is 10.6. The molecule has 2 aromatic carbocycles. The van der Waals surface area contributed by atoms with Crippen LogP contribution >= 0.6 is 0 Å². The lowest BCUT2D eigenvalue weighted by molar-refractivity contribution is 0.287. The van der Waals surface area contributed by atoms with Crippen LogP contribution in [0.5, 0.6) is 0 Å². The highest BCUT2D eigenvalue weighted by Gasteiger charge is 2.21. The van der Waals surface area contributed by atoms with E-state index < -0.39 is 15.7 Å². The summed E-state index contributed by atoms with van der Waals surface area (Å²) in [7, 11) is -1.33. The van der Waals surface area contributed by atoms with Gasteiger partial charge in [0, 0.05) is 38.9 Å². The minimum Gasteiger partial charge on any atom is -0.361 e. The first-order valence-electron chi connectivity index (χ1n) is 10.9. The molecule has 2 N–H and O–H groups in total. The first kappa shape index (κ1) is 24.3. The molecule has 0 saturated carbocycles. The third kappa shape index (κ3) is 6.20. The van der Waals surface area contributed by atoms with E-state index in [0.29, 0.717) is 49.2 Å². The molecule has 2 heterocycles. The molecule has 0 spiro atoms. The SMILES string of the molecule is CN=C(Nc1ccc(F)c(C#N)c1)c1nonc1NCc1ccc(CN2CCS(=O)(=O)CC2)cc1. The van der Waals surface area contributed by atoms with Gasteiger partial charge in [-0.25, -0.2) is 17.4 Å². The lowest BCUT2D eigenvalue weighted by Crippen LogP contribution is -2.39. The summed E-state index contributed by atoms with van der Waals surface area (Å²) in [5.74, 6) is 0.527. The van der Waals surface area contributed by atoms with E-state index in [1.807, 2.05) is 24.3 Å². The average molecular weight is 498 g/mol. The highest BCUT2D eigenvalue weighted by atomic mass is 32.2. The Hall–Kier alpha value is -3.82. The van der Waals surface area contributed by atoms with E-state index in [9.17, 15) is 12.8 Å². The summed E-state index contributed by atoms with van der Waals surface area (Å²) < 4.78 is 41.7. The Labute approximate surface area is 202 Å². The van der Waals surface area contributed by atoms with Gasteiger partial charge in [0.15, 0.2) is 21.4 Å². The molecule has 3 aromatic rings. The molecule has 1 fully saturated rings. The number of amidine groups is 1. The minimum absolute atomic E-state index is 0.0872. The van der Waals surface area contributed by atoms with Gasteiger partial charge in [0.25, 0.3) is 0 Å². The maximum Gasteiger partial charge on any atom is 0.202 e. The van der Waals surface area contributed by atoms with Crippen LogP contribution < -0.4 is 10.6 Å². The first-order valence-corrected chi connectivity index (χ1v) is 12.7. The van der Waals surface area contributed by atoms with Crippen LogP contribution in [0.3, 0.4) is 0 Å². The van der Waals surface area contributed by atoms with Gasteiger partial charge in [-0.3, -0.25) is 9.89 Å². The average Bonchev–Trinajstić information content (AvgIpc) is 3.33. The van der Waals surface area contributed by atoms with E-state index >= 15 is 0 Å². The smallest absolute Gasteiger partial charge is 0.202 e. The van der Waals surface area contributed by atoms with Crippen molar-refractivity contribution in [2.75, 3.05) is 42.3 Å². The molecule has 0 bridgehead atoms. The predicted molar refractivity (Wildman–Crippen MR) is 129 cm³/mol. The van der Waals surface area contributed by atoms with Gasteiger partial charge in [0.05, 0.1) is 17.1 Å². The number of rotatable bonds is 7. The third-order valence-electron chi connectivity index (χ3n) is 5.61. The number of sulfone groups is 1. The van der Waals surface area contributed by atoms with Crippen LogP contribution in [0.2, 0.25) is 0 Å². The zero-order valence-electron chi connectivity index (χ0n) is 19.0. The van der Waals surface area contributed by atoms with Gasteiger partial charge in [-0.15, -0.1) is 0 Å². The van der Waals surface area contributed by atoms with E-state index in [0.717, 1.165) is 11.1 Å². The van der Waals surface area contributed by atoms with Gasteiger partial charge in [0.2, 0.25) is 5.82 Å². The number of benzene rings is 2. The van der Waals surface area contributed by atoms with Crippen molar-refractivity contribution in [3.8, 4) is 6.07 Å². The topological polar surface area (TPSA) is 137 Å². The molecular weight excluding hydrogens is 473 g/mol. The minimum atomic E-state index is -2.89. The third-order valence-corrected chi connectivity index (χ3v) is 7.22. The molecule has 0 amide bonds. The Bertz CT molecular complexity index is 1350. The lowest BCUT2D eigenvalue weighted by Gasteiger charge is -2.26. The van der Waals surface area contributed by atoms with E-state index in [1.54, 1.807) is 13.1 Å². The number of aromatic nitrogens is 2. The second-order valence-corrected chi connectivity index (χ2v) is 10.4. The summed E-state index contributed by atoms with van der Waals surface area (Å²) in [5.41, 5.74) is 2.84. The largest absolute Gasteiger partial charge is 0.361 e. The van der Waals surface area contributed by atoms with E-state index in [2.05, 4.69) is 30.8 Å². The molecule has 1 aromatic heterocycles. The fourth-order valence-corrected chi connectivity index (χ4v) is 4.90. The number of halogens is 1. The molecule has 182 valence electrons. The Balaban J connectivity index is 1.36. The van der Waals surface area contributed by atoms with Crippen molar-refractivity contribution in [2.24, 2.45) is 4.99 Å². The standard InChI is InChI=1S/C23H24FN7O3S/c1-26-22(28-19-6-7-20(24)18(12-19)13-25)21-23(30-34-29-21)27-14-16-2-4-17(5-3-16)15-31-8-10-35(32,33)11-9-31/h2-7,12H,8-11,14-15H2,1H3,(H,26,28)(H,27,30). The van der Waals surface area contributed by atoms with Crippen molar-refractivity contribution in [1.82, 2.24) is 15.2 Å². The Morgan fingerprint density at radius 2 is 1.89 bits per heavy atom. The summed E-state index contributed by atoms with van der Waals surface area (Å²) in [6.07, 6.45) is 0. The molecule has 35 heavy (non-hydrogen) atoms. The van der Waals surface area contributed by atoms with Crippen LogP contribution in [0.15, 0.2) is 52.1 Å². The maximum atomic E-state index is 13.6. The summed E-state index contributed by atoms with van der Waals surface area (Å²) in [4.78, 5) is 6.32. The molecule has 4 rings (SSSR count). The fourth-order valence-electron chi connectivity index (χ4n) is 3.62. The lowest BCUT2D eigenvalue weighted by atomic mass is 10.1. The van der Waals surface area contributed by atoms with Gasteiger partial charge < -0.3 is 10.6 Å². The molecule has 0 unspecified atom stereocenters. The molecule has 10 nitrogen and oxygen atoms in total.